The van der Waals surface area contributed by atoms with E-state index in [0.29, 0.717) is 17.4 Å². The third kappa shape index (κ3) is 5.35. The number of thiazole rings is 1. The van der Waals surface area contributed by atoms with Crippen molar-refractivity contribution in [3.05, 3.63) is 35.7 Å². The Morgan fingerprint density at radius 3 is 2.74 bits per heavy atom. The standard InChI is InChI=1S/C21H27N5O3S.ClH/c1-15-13-18(23-24(15)2)20(27)26(8-4-7-25-9-11-29-12-10-25)21-22-17-6-5-16(28-3)14-19(17)30-21;/h5-6,13-14H,4,7-12H2,1-3H3;1H. The maximum atomic E-state index is 13.4. The largest absolute Gasteiger partial charge is 0.497 e. The molecule has 2 aromatic heterocycles. The molecule has 0 bridgehead atoms. The highest BCUT2D eigenvalue weighted by molar-refractivity contribution is 7.22. The molecule has 1 amide bonds. The highest BCUT2D eigenvalue weighted by Crippen LogP contribution is 2.32. The number of morpholine rings is 1. The second-order valence-corrected chi connectivity index (χ2v) is 8.40. The molecule has 0 aliphatic carbocycles. The minimum absolute atomic E-state index is 0. The second kappa shape index (κ2) is 10.4. The van der Waals surface area contributed by atoms with Gasteiger partial charge in [0.1, 0.15) is 5.75 Å². The number of carbonyl (C=O) groups is 1. The molecular weight excluding hydrogens is 438 g/mol. The van der Waals surface area contributed by atoms with Gasteiger partial charge in [0.15, 0.2) is 10.8 Å². The van der Waals surface area contributed by atoms with Gasteiger partial charge >= 0.3 is 0 Å². The number of amides is 1. The molecule has 31 heavy (non-hydrogen) atoms. The average Bonchev–Trinajstić information content (AvgIpc) is 3.33. The van der Waals surface area contributed by atoms with Crippen LogP contribution in [0, 0.1) is 6.92 Å². The van der Waals surface area contributed by atoms with Crippen LogP contribution in [0.5, 0.6) is 5.75 Å². The quantitative estimate of drug-likeness (QED) is 0.533. The van der Waals surface area contributed by atoms with Crippen molar-refractivity contribution in [3.63, 3.8) is 0 Å². The topological polar surface area (TPSA) is 72.7 Å². The average molecular weight is 466 g/mol. The minimum Gasteiger partial charge on any atom is -0.497 e. The van der Waals surface area contributed by atoms with Crippen molar-refractivity contribution in [1.29, 1.82) is 0 Å². The maximum Gasteiger partial charge on any atom is 0.280 e. The van der Waals surface area contributed by atoms with Crippen molar-refractivity contribution in [1.82, 2.24) is 19.7 Å². The summed E-state index contributed by atoms with van der Waals surface area (Å²) in [5.41, 5.74) is 2.25. The first kappa shape index (κ1) is 23.5. The number of nitrogens with zero attached hydrogens (tertiary/aromatic N) is 5. The van der Waals surface area contributed by atoms with Crippen LogP contribution in [-0.2, 0) is 11.8 Å². The normalized spacial score (nSPS) is 14.4. The lowest BCUT2D eigenvalue weighted by molar-refractivity contribution is 0.0376. The molecule has 1 aliphatic rings. The van der Waals surface area contributed by atoms with Crippen LogP contribution in [0.2, 0.25) is 0 Å². The maximum absolute atomic E-state index is 13.4. The van der Waals surface area contributed by atoms with E-state index in [9.17, 15) is 4.79 Å². The number of hydrogen-bond acceptors (Lipinski definition) is 7. The lowest BCUT2D eigenvalue weighted by Gasteiger charge is -2.27. The van der Waals surface area contributed by atoms with Crippen molar-refractivity contribution in [3.8, 4) is 5.75 Å². The first-order valence-electron chi connectivity index (χ1n) is 10.1. The number of aromatic nitrogens is 3. The van der Waals surface area contributed by atoms with Gasteiger partial charge in [0.2, 0.25) is 0 Å². The zero-order chi connectivity index (χ0) is 21.1. The van der Waals surface area contributed by atoms with E-state index in [0.717, 1.165) is 60.9 Å². The molecule has 168 valence electrons. The molecule has 4 rings (SSSR count). The predicted octanol–water partition coefficient (Wildman–Crippen LogP) is 3.14. The Morgan fingerprint density at radius 1 is 1.29 bits per heavy atom. The van der Waals surface area contributed by atoms with Crippen LogP contribution in [0.15, 0.2) is 24.3 Å². The van der Waals surface area contributed by atoms with Crippen LogP contribution >= 0.6 is 23.7 Å². The van der Waals surface area contributed by atoms with Crippen molar-refractivity contribution in [2.45, 2.75) is 13.3 Å². The van der Waals surface area contributed by atoms with Gasteiger partial charge in [-0.2, -0.15) is 5.10 Å². The molecule has 0 atom stereocenters. The van der Waals surface area contributed by atoms with Crippen LogP contribution in [-0.4, -0.2) is 72.1 Å². The summed E-state index contributed by atoms with van der Waals surface area (Å²) in [6, 6.07) is 7.60. The van der Waals surface area contributed by atoms with Crippen LogP contribution < -0.4 is 9.64 Å². The number of methoxy groups -OCH3 is 1. The molecular formula is C21H28ClN5O3S. The van der Waals surface area contributed by atoms with E-state index in [-0.39, 0.29) is 18.3 Å². The number of halogens is 1. The SMILES string of the molecule is COc1ccc2nc(N(CCCN3CCOCC3)C(=O)c3cc(C)n(C)n3)sc2c1.Cl. The minimum atomic E-state index is -0.119. The van der Waals surface area contributed by atoms with Gasteiger partial charge in [0.25, 0.3) is 5.91 Å². The fourth-order valence-electron chi connectivity index (χ4n) is 3.50. The monoisotopic (exact) mass is 465 g/mol. The zero-order valence-corrected chi connectivity index (χ0v) is 19.7. The summed E-state index contributed by atoms with van der Waals surface area (Å²) in [4.78, 5) is 22.2. The smallest absolute Gasteiger partial charge is 0.280 e. The second-order valence-electron chi connectivity index (χ2n) is 7.39. The number of hydrogen-bond donors (Lipinski definition) is 0. The molecule has 3 heterocycles. The van der Waals surface area contributed by atoms with Gasteiger partial charge in [-0.25, -0.2) is 4.98 Å². The molecule has 10 heteroatoms. The summed E-state index contributed by atoms with van der Waals surface area (Å²) >= 11 is 1.50. The molecule has 3 aromatic rings. The number of anilines is 1. The van der Waals surface area contributed by atoms with Crippen LogP contribution in [0.25, 0.3) is 10.2 Å². The first-order chi connectivity index (χ1) is 14.5. The van der Waals surface area contributed by atoms with Crippen molar-refractivity contribution < 1.29 is 14.3 Å². The highest BCUT2D eigenvalue weighted by Gasteiger charge is 2.24. The van der Waals surface area contributed by atoms with E-state index in [1.165, 1.54) is 11.3 Å². The summed E-state index contributed by atoms with van der Waals surface area (Å²) in [5, 5.41) is 5.08. The number of aryl methyl sites for hydroxylation is 2. The van der Waals surface area contributed by atoms with Gasteiger partial charge < -0.3 is 9.47 Å². The van der Waals surface area contributed by atoms with Gasteiger partial charge in [-0.1, -0.05) is 11.3 Å². The Bertz CT molecular complexity index is 1010. The summed E-state index contributed by atoms with van der Waals surface area (Å²) in [6.07, 6.45) is 0.858. The number of rotatable bonds is 7. The molecule has 0 radical (unpaired) electrons. The van der Waals surface area contributed by atoms with Crippen LogP contribution in [0.4, 0.5) is 5.13 Å². The molecule has 0 unspecified atom stereocenters. The number of ether oxygens (including phenoxy) is 2. The fourth-order valence-corrected chi connectivity index (χ4v) is 4.52. The van der Waals surface area contributed by atoms with Gasteiger partial charge in [0, 0.05) is 38.9 Å². The molecule has 0 N–H and O–H groups in total. The molecule has 1 aliphatic heterocycles. The zero-order valence-electron chi connectivity index (χ0n) is 18.0. The predicted molar refractivity (Wildman–Crippen MR) is 125 cm³/mol. The lowest BCUT2D eigenvalue weighted by Crippen LogP contribution is -2.39. The van der Waals surface area contributed by atoms with Gasteiger partial charge in [-0.05, 0) is 37.6 Å². The van der Waals surface area contributed by atoms with E-state index in [1.807, 2.05) is 38.2 Å². The Balaban J connectivity index is 0.00000272. The number of benzene rings is 1. The highest BCUT2D eigenvalue weighted by atomic mass is 35.5. The van der Waals surface area contributed by atoms with Gasteiger partial charge in [-0.15, -0.1) is 12.4 Å². The number of carbonyl (C=O) groups excluding carboxylic acids is 1. The van der Waals surface area contributed by atoms with E-state index < -0.39 is 0 Å². The molecule has 0 spiro atoms. The third-order valence-electron chi connectivity index (χ3n) is 5.35. The molecule has 1 saturated heterocycles. The third-order valence-corrected chi connectivity index (χ3v) is 6.39. The van der Waals surface area contributed by atoms with E-state index in [4.69, 9.17) is 14.5 Å². The Hall–Kier alpha value is -2.20. The Morgan fingerprint density at radius 2 is 2.06 bits per heavy atom. The van der Waals surface area contributed by atoms with Crippen LogP contribution in [0.3, 0.4) is 0 Å². The van der Waals surface area contributed by atoms with E-state index >= 15 is 0 Å². The molecule has 0 saturated carbocycles. The Labute approximate surface area is 192 Å². The first-order valence-corrected chi connectivity index (χ1v) is 10.9. The van der Waals surface area contributed by atoms with Crippen molar-refractivity contribution in [2.75, 3.05) is 51.4 Å². The van der Waals surface area contributed by atoms with Gasteiger partial charge in [0.05, 0.1) is 30.5 Å². The summed E-state index contributed by atoms with van der Waals surface area (Å²) in [5.74, 6) is 0.662. The fraction of sp³-hybridized carbons (Fsp3) is 0.476. The summed E-state index contributed by atoms with van der Waals surface area (Å²) in [6.45, 7) is 6.88. The summed E-state index contributed by atoms with van der Waals surface area (Å²) in [7, 11) is 3.49. The van der Waals surface area contributed by atoms with Gasteiger partial charge in [-0.3, -0.25) is 19.3 Å². The van der Waals surface area contributed by atoms with Crippen molar-refractivity contribution >= 4 is 45.0 Å². The number of fused-ring (bicyclic) bond motifs is 1. The Kier molecular flexibility index (Phi) is 7.88. The molecule has 1 aromatic carbocycles. The molecule has 8 nitrogen and oxygen atoms in total. The van der Waals surface area contributed by atoms with E-state index in [2.05, 4.69) is 10.00 Å². The van der Waals surface area contributed by atoms with E-state index in [1.54, 1.807) is 16.7 Å². The van der Waals surface area contributed by atoms with Crippen molar-refractivity contribution in [2.24, 2.45) is 7.05 Å². The lowest BCUT2D eigenvalue weighted by atomic mass is 10.3. The summed E-state index contributed by atoms with van der Waals surface area (Å²) < 4.78 is 13.5. The molecule has 1 fully saturated rings. The van der Waals surface area contributed by atoms with Crippen LogP contribution in [0.1, 0.15) is 22.6 Å².